The van der Waals surface area contributed by atoms with E-state index >= 15 is 0 Å². The highest BCUT2D eigenvalue weighted by atomic mass is 15.1. The second kappa shape index (κ2) is 5.98. The average molecular weight is 271 g/mol. The topological polar surface area (TPSA) is 31.1 Å². The molecule has 1 aliphatic rings. The highest BCUT2D eigenvalue weighted by Gasteiger charge is 2.23. The van der Waals surface area contributed by atoms with E-state index in [9.17, 15) is 0 Å². The van der Waals surface area contributed by atoms with Crippen molar-refractivity contribution in [2.75, 3.05) is 14.1 Å². The maximum atomic E-state index is 3.41. The number of hydrogen-bond acceptors (Lipinski definition) is 2. The Balaban J connectivity index is 1.65. The first-order valence-electron chi connectivity index (χ1n) is 7.70. The molecule has 0 unspecified atom stereocenters. The molecule has 1 heterocycles. The number of fused-ring (bicyclic) bond motifs is 1. The van der Waals surface area contributed by atoms with E-state index in [1.165, 1.54) is 42.1 Å². The van der Waals surface area contributed by atoms with E-state index in [0.717, 1.165) is 18.6 Å². The summed E-state index contributed by atoms with van der Waals surface area (Å²) in [5.41, 5.74) is 2.66. The first kappa shape index (κ1) is 13.7. The lowest BCUT2D eigenvalue weighted by molar-refractivity contribution is 0.170. The van der Waals surface area contributed by atoms with Crippen molar-refractivity contribution < 1.29 is 0 Å². The monoisotopic (exact) mass is 271 g/mol. The number of nitrogens with one attached hydrogen (secondary N) is 2. The van der Waals surface area contributed by atoms with Crippen LogP contribution in [0.4, 0.5) is 0 Å². The minimum absolute atomic E-state index is 0.729. The van der Waals surface area contributed by atoms with Gasteiger partial charge in [-0.05, 0) is 51.4 Å². The third-order valence-electron chi connectivity index (χ3n) is 4.82. The van der Waals surface area contributed by atoms with E-state index in [2.05, 4.69) is 59.8 Å². The molecule has 0 bridgehead atoms. The van der Waals surface area contributed by atoms with Gasteiger partial charge in [0.25, 0.3) is 0 Å². The molecule has 3 heteroatoms. The Morgan fingerprint density at radius 2 is 1.95 bits per heavy atom. The Morgan fingerprint density at radius 3 is 2.70 bits per heavy atom. The molecular weight excluding hydrogens is 246 g/mol. The molecule has 3 nitrogen and oxygen atoms in total. The van der Waals surface area contributed by atoms with Gasteiger partial charge in [0.1, 0.15) is 0 Å². The van der Waals surface area contributed by atoms with Crippen LogP contribution < -0.4 is 5.32 Å². The summed E-state index contributed by atoms with van der Waals surface area (Å²) < 4.78 is 0. The van der Waals surface area contributed by atoms with Crippen LogP contribution in [0.3, 0.4) is 0 Å². The van der Waals surface area contributed by atoms with E-state index in [1.807, 2.05) is 0 Å². The van der Waals surface area contributed by atoms with Crippen LogP contribution in [0, 0.1) is 0 Å². The zero-order valence-corrected chi connectivity index (χ0v) is 12.5. The minimum Gasteiger partial charge on any atom is -0.361 e. The normalized spacial score (nSPS) is 23.6. The third-order valence-corrected chi connectivity index (χ3v) is 4.82. The van der Waals surface area contributed by atoms with Crippen molar-refractivity contribution in [1.82, 2.24) is 15.2 Å². The van der Waals surface area contributed by atoms with Crippen LogP contribution in [0.5, 0.6) is 0 Å². The van der Waals surface area contributed by atoms with Crippen LogP contribution in [0.15, 0.2) is 30.5 Å². The maximum absolute atomic E-state index is 3.41. The van der Waals surface area contributed by atoms with Crippen LogP contribution in [0.2, 0.25) is 0 Å². The van der Waals surface area contributed by atoms with Crippen LogP contribution in [-0.4, -0.2) is 36.1 Å². The van der Waals surface area contributed by atoms with Crippen LogP contribution in [0.25, 0.3) is 10.9 Å². The highest BCUT2D eigenvalue weighted by molar-refractivity contribution is 5.82. The van der Waals surface area contributed by atoms with Gasteiger partial charge in [-0.25, -0.2) is 0 Å². The van der Waals surface area contributed by atoms with Gasteiger partial charge in [0.05, 0.1) is 0 Å². The molecule has 0 atom stereocenters. The van der Waals surface area contributed by atoms with Gasteiger partial charge >= 0.3 is 0 Å². The molecule has 2 aromatic rings. The van der Waals surface area contributed by atoms with Crippen LogP contribution in [-0.2, 0) is 6.54 Å². The van der Waals surface area contributed by atoms with Crippen molar-refractivity contribution in [3.8, 4) is 0 Å². The van der Waals surface area contributed by atoms with Gasteiger partial charge in [-0.1, -0.05) is 18.2 Å². The zero-order chi connectivity index (χ0) is 13.9. The maximum Gasteiger partial charge on any atom is 0.0457 e. The highest BCUT2D eigenvalue weighted by Crippen LogP contribution is 2.25. The van der Waals surface area contributed by atoms with E-state index in [0.29, 0.717) is 0 Å². The number of hydrogen-bond donors (Lipinski definition) is 2. The van der Waals surface area contributed by atoms with Crippen molar-refractivity contribution in [3.63, 3.8) is 0 Å². The molecule has 1 aliphatic carbocycles. The lowest BCUT2D eigenvalue weighted by Crippen LogP contribution is -2.39. The van der Waals surface area contributed by atoms with E-state index < -0.39 is 0 Å². The molecule has 1 aromatic heterocycles. The van der Waals surface area contributed by atoms with Crippen molar-refractivity contribution in [2.24, 2.45) is 0 Å². The van der Waals surface area contributed by atoms with E-state index in [1.54, 1.807) is 0 Å². The van der Waals surface area contributed by atoms with Crippen molar-refractivity contribution in [1.29, 1.82) is 0 Å². The number of aromatic nitrogens is 1. The van der Waals surface area contributed by atoms with Gasteiger partial charge in [-0.15, -0.1) is 0 Å². The van der Waals surface area contributed by atoms with Gasteiger partial charge in [0.15, 0.2) is 0 Å². The molecule has 2 N–H and O–H groups in total. The Bertz CT molecular complexity index is 552. The molecule has 0 aliphatic heterocycles. The third kappa shape index (κ3) is 2.74. The fraction of sp³-hybridized carbons (Fsp3) is 0.529. The SMILES string of the molecule is CNC1CCC(N(C)Cc2c[nH]c3ccccc23)CC1. The summed E-state index contributed by atoms with van der Waals surface area (Å²) in [5, 5.41) is 4.77. The standard InChI is InChI=1S/C17H25N3/c1-18-14-7-9-15(10-8-14)20(2)12-13-11-19-17-6-4-3-5-16(13)17/h3-6,11,14-15,18-19H,7-10,12H2,1-2H3. The molecule has 1 fully saturated rings. The number of rotatable bonds is 4. The van der Waals surface area contributed by atoms with Gasteiger partial charge in [0, 0.05) is 35.7 Å². The lowest BCUT2D eigenvalue weighted by Gasteiger charge is -2.34. The molecule has 0 spiro atoms. The van der Waals surface area contributed by atoms with Crippen LogP contribution in [0.1, 0.15) is 31.2 Å². The summed E-state index contributed by atoms with van der Waals surface area (Å²) in [6.45, 7) is 1.04. The number of benzene rings is 1. The lowest BCUT2D eigenvalue weighted by atomic mass is 9.90. The Labute approximate surface area is 121 Å². The largest absolute Gasteiger partial charge is 0.361 e. The van der Waals surface area contributed by atoms with Gasteiger partial charge in [-0.2, -0.15) is 0 Å². The van der Waals surface area contributed by atoms with Gasteiger partial charge in [-0.3, -0.25) is 4.90 Å². The predicted octanol–water partition coefficient (Wildman–Crippen LogP) is 3.13. The van der Waals surface area contributed by atoms with Gasteiger partial charge < -0.3 is 10.3 Å². The predicted molar refractivity (Wildman–Crippen MR) is 84.9 cm³/mol. The fourth-order valence-corrected chi connectivity index (χ4v) is 3.47. The molecule has 0 radical (unpaired) electrons. The Morgan fingerprint density at radius 1 is 1.20 bits per heavy atom. The summed E-state index contributed by atoms with van der Waals surface area (Å²) in [6.07, 6.45) is 7.40. The number of aromatic amines is 1. The number of H-pyrrole nitrogens is 1. The Kier molecular flexibility index (Phi) is 4.08. The van der Waals surface area contributed by atoms with Gasteiger partial charge in [0.2, 0.25) is 0 Å². The second-order valence-corrected chi connectivity index (χ2v) is 6.07. The summed E-state index contributed by atoms with van der Waals surface area (Å²) in [5.74, 6) is 0. The zero-order valence-electron chi connectivity index (χ0n) is 12.5. The Hall–Kier alpha value is -1.32. The van der Waals surface area contributed by atoms with E-state index in [-0.39, 0.29) is 0 Å². The smallest absolute Gasteiger partial charge is 0.0457 e. The second-order valence-electron chi connectivity index (χ2n) is 6.07. The quantitative estimate of drug-likeness (QED) is 0.895. The van der Waals surface area contributed by atoms with E-state index in [4.69, 9.17) is 0 Å². The van der Waals surface area contributed by atoms with Crippen molar-refractivity contribution >= 4 is 10.9 Å². The minimum atomic E-state index is 0.729. The molecule has 0 amide bonds. The molecule has 0 saturated heterocycles. The molecule has 3 rings (SSSR count). The van der Waals surface area contributed by atoms with Crippen molar-refractivity contribution in [2.45, 2.75) is 44.3 Å². The van der Waals surface area contributed by atoms with Crippen molar-refractivity contribution in [3.05, 3.63) is 36.0 Å². The summed E-state index contributed by atoms with van der Waals surface area (Å²) in [4.78, 5) is 5.91. The fourth-order valence-electron chi connectivity index (χ4n) is 3.47. The molecule has 20 heavy (non-hydrogen) atoms. The number of para-hydroxylation sites is 1. The summed E-state index contributed by atoms with van der Waals surface area (Å²) in [6, 6.07) is 10.0. The first-order valence-corrected chi connectivity index (χ1v) is 7.70. The number of nitrogens with zero attached hydrogens (tertiary/aromatic N) is 1. The molecule has 1 aromatic carbocycles. The summed E-state index contributed by atoms with van der Waals surface area (Å²) >= 11 is 0. The van der Waals surface area contributed by atoms with Crippen LogP contribution >= 0.6 is 0 Å². The average Bonchev–Trinajstić information content (AvgIpc) is 2.91. The molecule has 108 valence electrons. The summed E-state index contributed by atoms with van der Waals surface area (Å²) in [7, 11) is 4.35. The molecular formula is C17H25N3. The first-order chi connectivity index (χ1) is 9.78. The molecule has 1 saturated carbocycles.